The van der Waals surface area contributed by atoms with Gasteiger partial charge >= 0.3 is 5.63 Å². The fourth-order valence-corrected chi connectivity index (χ4v) is 4.46. The standard InChI is InChI=1S/C27H21FN2O4/c1-16-22(26(32)30(29(16)2)19-8-4-3-5-9-19)23(17-12-14-18(28)15-13-17)24-25(31)20-10-6-7-11-21(20)34-27(24)33/h3-15,23,31H,1-2H3/t23-/m0/s1. The summed E-state index contributed by atoms with van der Waals surface area (Å²) in [5, 5.41) is 11.6. The van der Waals surface area contributed by atoms with Gasteiger partial charge in [0, 0.05) is 12.7 Å². The molecule has 0 saturated heterocycles. The Morgan fingerprint density at radius 1 is 0.882 bits per heavy atom. The normalized spacial score (nSPS) is 12.2. The highest BCUT2D eigenvalue weighted by atomic mass is 19.1. The van der Waals surface area contributed by atoms with Gasteiger partial charge in [-0.1, -0.05) is 42.5 Å². The highest BCUT2D eigenvalue weighted by Gasteiger charge is 2.32. The van der Waals surface area contributed by atoms with Crippen molar-refractivity contribution in [3.8, 4) is 11.4 Å². The highest BCUT2D eigenvalue weighted by Crippen LogP contribution is 2.38. The molecule has 0 unspecified atom stereocenters. The smallest absolute Gasteiger partial charge is 0.344 e. The monoisotopic (exact) mass is 456 g/mol. The first-order chi connectivity index (χ1) is 16.4. The summed E-state index contributed by atoms with van der Waals surface area (Å²) in [7, 11) is 1.75. The number of aromatic hydroxyl groups is 1. The van der Waals surface area contributed by atoms with Crippen LogP contribution in [0.4, 0.5) is 4.39 Å². The molecule has 170 valence electrons. The summed E-state index contributed by atoms with van der Waals surface area (Å²) in [6.07, 6.45) is 0. The van der Waals surface area contributed by atoms with Crippen LogP contribution in [0.1, 0.15) is 28.3 Å². The van der Waals surface area contributed by atoms with E-state index in [-0.39, 0.29) is 28.0 Å². The lowest BCUT2D eigenvalue weighted by Gasteiger charge is -2.18. The molecule has 0 radical (unpaired) electrons. The van der Waals surface area contributed by atoms with Crippen LogP contribution < -0.4 is 11.2 Å². The van der Waals surface area contributed by atoms with Gasteiger partial charge in [-0.05, 0) is 48.9 Å². The molecule has 6 nitrogen and oxygen atoms in total. The summed E-state index contributed by atoms with van der Waals surface area (Å²) in [6.45, 7) is 1.77. The second-order valence-corrected chi connectivity index (χ2v) is 8.11. The van der Waals surface area contributed by atoms with Gasteiger partial charge in [-0.15, -0.1) is 0 Å². The van der Waals surface area contributed by atoms with E-state index in [2.05, 4.69) is 0 Å². The molecule has 0 spiro atoms. The van der Waals surface area contributed by atoms with Crippen molar-refractivity contribution in [2.24, 2.45) is 7.05 Å². The molecule has 2 heterocycles. The second-order valence-electron chi connectivity index (χ2n) is 8.11. The van der Waals surface area contributed by atoms with Gasteiger partial charge in [0.1, 0.15) is 17.1 Å². The van der Waals surface area contributed by atoms with Gasteiger partial charge in [0.2, 0.25) is 0 Å². The van der Waals surface area contributed by atoms with Gasteiger partial charge in [-0.2, -0.15) is 0 Å². The molecular formula is C27H21FN2O4. The summed E-state index contributed by atoms with van der Waals surface area (Å²) in [5.41, 5.74) is 1.05. The molecule has 0 aliphatic heterocycles. The molecule has 2 aromatic heterocycles. The Labute approximate surface area is 193 Å². The fraction of sp³-hybridized carbons (Fsp3) is 0.111. The van der Waals surface area contributed by atoms with Crippen LogP contribution in [-0.4, -0.2) is 14.5 Å². The maximum Gasteiger partial charge on any atom is 0.344 e. The minimum Gasteiger partial charge on any atom is -0.507 e. The fourth-order valence-electron chi connectivity index (χ4n) is 4.46. The topological polar surface area (TPSA) is 77.4 Å². The van der Waals surface area contributed by atoms with Gasteiger partial charge in [-0.3, -0.25) is 9.48 Å². The zero-order valence-electron chi connectivity index (χ0n) is 18.5. The minimum atomic E-state index is -0.981. The van der Waals surface area contributed by atoms with E-state index in [1.807, 2.05) is 18.2 Å². The molecular weight excluding hydrogens is 435 g/mol. The summed E-state index contributed by atoms with van der Waals surface area (Å²) in [5.74, 6) is -1.70. The Balaban J connectivity index is 1.87. The zero-order valence-corrected chi connectivity index (χ0v) is 18.5. The molecule has 7 heteroatoms. The molecule has 0 bridgehead atoms. The van der Waals surface area contributed by atoms with Crippen molar-refractivity contribution in [1.29, 1.82) is 0 Å². The van der Waals surface area contributed by atoms with Gasteiger partial charge in [0.25, 0.3) is 5.56 Å². The van der Waals surface area contributed by atoms with Crippen molar-refractivity contribution in [2.45, 2.75) is 12.8 Å². The molecule has 0 amide bonds. The average molecular weight is 456 g/mol. The number of nitrogens with zero attached hydrogens (tertiary/aromatic N) is 2. The number of rotatable bonds is 4. The molecule has 1 atom stereocenters. The number of aromatic nitrogens is 2. The SMILES string of the molecule is Cc1c([C@H](c2ccc(F)cc2)c2c(O)c3ccccc3oc2=O)c(=O)n(-c2ccccc2)n1C. The van der Waals surface area contributed by atoms with E-state index < -0.39 is 17.4 Å². The van der Waals surface area contributed by atoms with E-state index >= 15 is 0 Å². The molecule has 34 heavy (non-hydrogen) atoms. The van der Waals surface area contributed by atoms with Crippen molar-refractivity contribution < 1.29 is 13.9 Å². The van der Waals surface area contributed by atoms with Gasteiger partial charge < -0.3 is 9.52 Å². The molecule has 0 saturated carbocycles. The maximum atomic E-state index is 13.8. The summed E-state index contributed by atoms with van der Waals surface area (Å²) in [6, 6.07) is 21.3. The Kier molecular flexibility index (Phi) is 5.17. The van der Waals surface area contributed by atoms with E-state index in [9.17, 15) is 19.1 Å². The predicted octanol–water partition coefficient (Wildman–Crippen LogP) is 4.62. The van der Waals surface area contributed by atoms with Crippen LogP contribution in [0.15, 0.2) is 92.9 Å². The lowest BCUT2D eigenvalue weighted by molar-refractivity contribution is 0.455. The van der Waals surface area contributed by atoms with Crippen molar-refractivity contribution in [3.63, 3.8) is 0 Å². The summed E-state index contributed by atoms with van der Waals surface area (Å²) >= 11 is 0. The third-order valence-corrected chi connectivity index (χ3v) is 6.20. The highest BCUT2D eigenvalue weighted by molar-refractivity contribution is 5.84. The van der Waals surface area contributed by atoms with Crippen LogP contribution in [0.25, 0.3) is 16.7 Å². The number of para-hydroxylation sites is 2. The molecule has 0 fully saturated rings. The first-order valence-electron chi connectivity index (χ1n) is 10.7. The first kappa shape index (κ1) is 21.5. The predicted molar refractivity (Wildman–Crippen MR) is 127 cm³/mol. The van der Waals surface area contributed by atoms with E-state index in [1.165, 1.54) is 28.9 Å². The van der Waals surface area contributed by atoms with Gasteiger partial charge in [0.15, 0.2) is 0 Å². The van der Waals surface area contributed by atoms with Crippen LogP contribution >= 0.6 is 0 Å². The Morgan fingerprint density at radius 2 is 1.53 bits per heavy atom. The van der Waals surface area contributed by atoms with E-state index in [0.29, 0.717) is 22.3 Å². The number of benzene rings is 3. The average Bonchev–Trinajstić information content (AvgIpc) is 3.06. The summed E-state index contributed by atoms with van der Waals surface area (Å²) in [4.78, 5) is 27.0. The van der Waals surface area contributed by atoms with Crippen LogP contribution in [0, 0.1) is 12.7 Å². The number of fused-ring (bicyclic) bond motifs is 1. The van der Waals surface area contributed by atoms with Crippen LogP contribution in [0.2, 0.25) is 0 Å². The Bertz CT molecular complexity index is 1630. The first-order valence-corrected chi connectivity index (χ1v) is 10.7. The largest absolute Gasteiger partial charge is 0.507 e. The van der Waals surface area contributed by atoms with Crippen molar-refractivity contribution in [2.75, 3.05) is 0 Å². The maximum absolute atomic E-state index is 13.8. The van der Waals surface area contributed by atoms with Crippen molar-refractivity contribution >= 4 is 11.0 Å². The third-order valence-electron chi connectivity index (χ3n) is 6.20. The summed E-state index contributed by atoms with van der Waals surface area (Å²) < 4.78 is 22.5. The third kappa shape index (κ3) is 3.33. The minimum absolute atomic E-state index is 0.0729. The Morgan fingerprint density at radius 3 is 2.24 bits per heavy atom. The molecule has 1 N–H and O–H groups in total. The van der Waals surface area contributed by atoms with Gasteiger partial charge in [0.05, 0.1) is 28.1 Å². The number of hydrogen-bond donors (Lipinski definition) is 1. The van der Waals surface area contributed by atoms with Gasteiger partial charge in [-0.25, -0.2) is 13.9 Å². The van der Waals surface area contributed by atoms with E-state index in [1.54, 1.807) is 55.1 Å². The molecule has 0 aliphatic carbocycles. The molecule has 5 aromatic rings. The van der Waals surface area contributed by atoms with E-state index in [4.69, 9.17) is 4.42 Å². The van der Waals surface area contributed by atoms with Crippen LogP contribution in [0.5, 0.6) is 5.75 Å². The number of hydrogen-bond acceptors (Lipinski definition) is 4. The Hall–Kier alpha value is -4.39. The second kappa shape index (κ2) is 8.19. The lowest BCUT2D eigenvalue weighted by Crippen LogP contribution is -2.24. The van der Waals surface area contributed by atoms with Crippen molar-refractivity contribution in [3.05, 3.63) is 128 Å². The zero-order chi connectivity index (χ0) is 24.0. The quantitative estimate of drug-likeness (QED) is 0.401. The number of halogens is 1. The molecule has 0 aliphatic rings. The van der Waals surface area contributed by atoms with Crippen LogP contribution in [-0.2, 0) is 7.05 Å². The van der Waals surface area contributed by atoms with E-state index in [0.717, 1.165) is 0 Å². The van der Waals surface area contributed by atoms with Crippen molar-refractivity contribution in [1.82, 2.24) is 9.36 Å². The lowest BCUT2D eigenvalue weighted by atomic mass is 9.85. The molecule has 3 aromatic carbocycles. The van der Waals surface area contributed by atoms with Crippen LogP contribution in [0.3, 0.4) is 0 Å². The molecule has 5 rings (SSSR count).